The first kappa shape index (κ1) is 14.6. The molecule has 0 spiro atoms. The molecule has 2 aromatic rings. The van der Waals surface area contributed by atoms with Crippen LogP contribution in [0, 0.1) is 19.7 Å². The van der Waals surface area contributed by atoms with E-state index in [-0.39, 0.29) is 5.82 Å². The highest BCUT2D eigenvalue weighted by molar-refractivity contribution is 5.45. The van der Waals surface area contributed by atoms with Gasteiger partial charge in [-0.15, -0.1) is 0 Å². The summed E-state index contributed by atoms with van der Waals surface area (Å²) in [7, 11) is 0. The number of benzene rings is 2. The van der Waals surface area contributed by atoms with E-state index < -0.39 is 0 Å². The van der Waals surface area contributed by atoms with Crippen molar-refractivity contribution in [2.24, 2.45) is 0 Å². The van der Waals surface area contributed by atoms with Crippen molar-refractivity contribution in [3.8, 4) is 0 Å². The second-order valence-electron chi connectivity index (χ2n) is 5.54. The van der Waals surface area contributed by atoms with Gasteiger partial charge in [0.15, 0.2) is 0 Å². The van der Waals surface area contributed by atoms with E-state index in [1.54, 1.807) is 13.0 Å². The van der Waals surface area contributed by atoms with Gasteiger partial charge in [-0.05, 0) is 56.9 Å². The van der Waals surface area contributed by atoms with Crippen LogP contribution >= 0.6 is 0 Å². The van der Waals surface area contributed by atoms with E-state index in [2.05, 4.69) is 43.4 Å². The Morgan fingerprint density at radius 3 is 2.60 bits per heavy atom. The van der Waals surface area contributed by atoms with Crippen LogP contribution in [0.3, 0.4) is 0 Å². The lowest BCUT2D eigenvalue weighted by Crippen LogP contribution is -2.16. The normalized spacial score (nSPS) is 12.2. The molecule has 1 unspecified atom stereocenters. The standard InChI is InChI=1S/C18H22FN/c1-13-5-4-6-16(11-13)9-8-15(3)20-17-10-7-14(2)18(19)12-17/h4-7,10-12,15,20H,8-9H2,1-3H3. The smallest absolute Gasteiger partial charge is 0.128 e. The van der Waals surface area contributed by atoms with Crippen LogP contribution in [0.1, 0.15) is 30.0 Å². The van der Waals surface area contributed by atoms with Gasteiger partial charge in [0.05, 0.1) is 0 Å². The SMILES string of the molecule is Cc1cccc(CCC(C)Nc2ccc(C)c(F)c2)c1. The average Bonchev–Trinajstić information content (AvgIpc) is 2.41. The zero-order valence-electron chi connectivity index (χ0n) is 12.4. The predicted molar refractivity (Wildman–Crippen MR) is 83.7 cm³/mol. The minimum absolute atomic E-state index is 0.152. The molecule has 2 aromatic carbocycles. The first-order valence-corrected chi connectivity index (χ1v) is 7.13. The molecule has 0 fully saturated rings. The number of hydrogen-bond donors (Lipinski definition) is 1. The maximum absolute atomic E-state index is 13.5. The molecule has 0 radical (unpaired) electrons. The number of rotatable bonds is 5. The van der Waals surface area contributed by atoms with Crippen molar-refractivity contribution < 1.29 is 4.39 Å². The van der Waals surface area contributed by atoms with Crippen molar-refractivity contribution in [2.75, 3.05) is 5.32 Å². The molecule has 0 saturated heterocycles. The minimum Gasteiger partial charge on any atom is -0.382 e. The molecule has 2 heteroatoms. The van der Waals surface area contributed by atoms with Gasteiger partial charge in [-0.1, -0.05) is 35.9 Å². The van der Waals surface area contributed by atoms with E-state index in [4.69, 9.17) is 0 Å². The fourth-order valence-corrected chi connectivity index (χ4v) is 2.29. The average molecular weight is 271 g/mol. The van der Waals surface area contributed by atoms with Gasteiger partial charge in [0.1, 0.15) is 5.82 Å². The molecule has 0 amide bonds. The number of aryl methyl sites for hydroxylation is 3. The van der Waals surface area contributed by atoms with Crippen molar-refractivity contribution in [1.82, 2.24) is 0 Å². The molecule has 0 aromatic heterocycles. The van der Waals surface area contributed by atoms with Gasteiger partial charge in [-0.3, -0.25) is 0 Å². The van der Waals surface area contributed by atoms with Gasteiger partial charge in [0.25, 0.3) is 0 Å². The Hall–Kier alpha value is -1.83. The zero-order chi connectivity index (χ0) is 14.5. The van der Waals surface area contributed by atoms with Crippen LogP contribution in [-0.4, -0.2) is 6.04 Å². The van der Waals surface area contributed by atoms with Crippen molar-refractivity contribution in [3.05, 3.63) is 65.0 Å². The molecule has 106 valence electrons. The molecule has 1 atom stereocenters. The van der Waals surface area contributed by atoms with E-state index in [9.17, 15) is 4.39 Å². The summed E-state index contributed by atoms with van der Waals surface area (Å²) < 4.78 is 13.5. The first-order valence-electron chi connectivity index (χ1n) is 7.13. The maximum atomic E-state index is 13.5. The third-order valence-electron chi connectivity index (χ3n) is 3.53. The van der Waals surface area contributed by atoms with Crippen LogP contribution in [0.5, 0.6) is 0 Å². The van der Waals surface area contributed by atoms with E-state index >= 15 is 0 Å². The monoisotopic (exact) mass is 271 g/mol. The van der Waals surface area contributed by atoms with Crippen molar-refractivity contribution in [3.63, 3.8) is 0 Å². The van der Waals surface area contributed by atoms with Crippen molar-refractivity contribution in [2.45, 2.75) is 39.7 Å². The molecule has 0 aliphatic carbocycles. The highest BCUT2D eigenvalue weighted by Crippen LogP contribution is 2.16. The van der Waals surface area contributed by atoms with Crippen LogP contribution in [-0.2, 0) is 6.42 Å². The van der Waals surface area contributed by atoms with E-state index in [1.807, 2.05) is 12.1 Å². The summed E-state index contributed by atoms with van der Waals surface area (Å²) in [5.74, 6) is -0.152. The molecule has 1 N–H and O–H groups in total. The summed E-state index contributed by atoms with van der Waals surface area (Å²) in [6.45, 7) is 6.02. The lowest BCUT2D eigenvalue weighted by Gasteiger charge is -2.16. The molecule has 20 heavy (non-hydrogen) atoms. The fourth-order valence-electron chi connectivity index (χ4n) is 2.29. The number of hydrogen-bond acceptors (Lipinski definition) is 1. The quantitative estimate of drug-likeness (QED) is 0.817. The van der Waals surface area contributed by atoms with Crippen molar-refractivity contribution in [1.29, 1.82) is 0 Å². The second-order valence-corrected chi connectivity index (χ2v) is 5.54. The van der Waals surface area contributed by atoms with Crippen molar-refractivity contribution >= 4 is 5.69 Å². The summed E-state index contributed by atoms with van der Waals surface area (Å²) in [6, 6.07) is 14.2. The Morgan fingerprint density at radius 2 is 1.90 bits per heavy atom. The van der Waals surface area contributed by atoms with Crippen LogP contribution < -0.4 is 5.32 Å². The first-order chi connectivity index (χ1) is 9.54. The van der Waals surface area contributed by atoms with Crippen LogP contribution in [0.2, 0.25) is 0 Å². The predicted octanol–water partition coefficient (Wildman–Crippen LogP) is 4.88. The van der Waals surface area contributed by atoms with E-state index in [0.29, 0.717) is 11.6 Å². The molecule has 0 bridgehead atoms. The Morgan fingerprint density at radius 1 is 1.10 bits per heavy atom. The zero-order valence-corrected chi connectivity index (χ0v) is 12.4. The Kier molecular flexibility index (Phi) is 4.78. The van der Waals surface area contributed by atoms with Gasteiger partial charge >= 0.3 is 0 Å². The Bertz CT molecular complexity index is 577. The highest BCUT2D eigenvalue weighted by Gasteiger charge is 2.05. The molecule has 0 saturated carbocycles. The summed E-state index contributed by atoms with van der Waals surface area (Å²) in [5.41, 5.74) is 4.19. The maximum Gasteiger partial charge on any atom is 0.128 e. The number of halogens is 1. The third kappa shape index (κ3) is 4.09. The third-order valence-corrected chi connectivity index (χ3v) is 3.53. The Labute approximate surface area is 120 Å². The summed E-state index contributed by atoms with van der Waals surface area (Å²) >= 11 is 0. The second kappa shape index (κ2) is 6.56. The van der Waals surface area contributed by atoms with E-state index in [1.165, 1.54) is 11.1 Å². The Balaban J connectivity index is 1.89. The van der Waals surface area contributed by atoms with Gasteiger partial charge in [-0.25, -0.2) is 4.39 Å². The largest absolute Gasteiger partial charge is 0.382 e. The lowest BCUT2D eigenvalue weighted by atomic mass is 10.0. The molecule has 0 aliphatic heterocycles. The van der Waals surface area contributed by atoms with E-state index in [0.717, 1.165) is 18.5 Å². The van der Waals surface area contributed by atoms with Gasteiger partial charge in [0, 0.05) is 11.7 Å². The molecule has 2 rings (SSSR count). The molecule has 0 heterocycles. The molecular formula is C18H22FN. The number of anilines is 1. The number of nitrogens with one attached hydrogen (secondary N) is 1. The van der Waals surface area contributed by atoms with Gasteiger partial charge < -0.3 is 5.32 Å². The fraction of sp³-hybridized carbons (Fsp3) is 0.333. The summed E-state index contributed by atoms with van der Waals surface area (Å²) in [5, 5.41) is 3.35. The molecular weight excluding hydrogens is 249 g/mol. The lowest BCUT2D eigenvalue weighted by molar-refractivity contribution is 0.618. The summed E-state index contributed by atoms with van der Waals surface area (Å²) in [4.78, 5) is 0. The molecule has 0 aliphatic rings. The van der Waals surface area contributed by atoms with Gasteiger partial charge in [0.2, 0.25) is 0 Å². The van der Waals surface area contributed by atoms with Crippen LogP contribution in [0.25, 0.3) is 0 Å². The van der Waals surface area contributed by atoms with Crippen LogP contribution in [0.15, 0.2) is 42.5 Å². The van der Waals surface area contributed by atoms with Crippen LogP contribution in [0.4, 0.5) is 10.1 Å². The van der Waals surface area contributed by atoms with Gasteiger partial charge in [-0.2, -0.15) is 0 Å². The topological polar surface area (TPSA) is 12.0 Å². The molecule has 1 nitrogen and oxygen atoms in total. The minimum atomic E-state index is -0.152. The summed E-state index contributed by atoms with van der Waals surface area (Å²) in [6.07, 6.45) is 2.06. The highest BCUT2D eigenvalue weighted by atomic mass is 19.1.